The predicted molar refractivity (Wildman–Crippen MR) is 71.9 cm³/mol. The highest BCUT2D eigenvalue weighted by molar-refractivity contribution is 6.32. The van der Waals surface area contributed by atoms with Crippen molar-refractivity contribution < 1.29 is 18.0 Å². The molecule has 0 fully saturated rings. The number of aromatic nitrogens is 1. The van der Waals surface area contributed by atoms with Gasteiger partial charge in [0.2, 0.25) is 0 Å². The van der Waals surface area contributed by atoms with E-state index in [1.807, 2.05) is 0 Å². The Bertz CT molecular complexity index is 659. The topological polar surface area (TPSA) is 42.0 Å². The fraction of sp³-hybridized carbons (Fsp3) is 0.143. The van der Waals surface area contributed by atoms with Crippen LogP contribution in [0.5, 0.6) is 0 Å². The van der Waals surface area contributed by atoms with Gasteiger partial charge in [-0.1, -0.05) is 23.7 Å². The Morgan fingerprint density at radius 3 is 2.67 bits per heavy atom. The van der Waals surface area contributed by atoms with Crippen LogP contribution in [-0.2, 0) is 12.7 Å². The van der Waals surface area contributed by atoms with Gasteiger partial charge < -0.3 is 5.32 Å². The zero-order chi connectivity index (χ0) is 15.5. The summed E-state index contributed by atoms with van der Waals surface area (Å²) < 4.78 is 37.7. The molecule has 7 heteroatoms. The first-order valence-corrected chi connectivity index (χ1v) is 6.30. The standard InChI is InChI=1S/C14H10ClF3N2O/c15-12-11(5-2-6-19-12)13(21)20-8-9-3-1-4-10(7-9)14(16,17)18/h1-7H,8H2,(H,20,21). The Morgan fingerprint density at radius 2 is 2.00 bits per heavy atom. The third kappa shape index (κ3) is 3.95. The van der Waals surface area contributed by atoms with Crippen LogP contribution < -0.4 is 5.32 Å². The molecule has 21 heavy (non-hydrogen) atoms. The third-order valence-electron chi connectivity index (χ3n) is 2.71. The van der Waals surface area contributed by atoms with Gasteiger partial charge in [-0.3, -0.25) is 4.79 Å². The molecule has 0 aliphatic rings. The maximum Gasteiger partial charge on any atom is 0.416 e. The van der Waals surface area contributed by atoms with Gasteiger partial charge in [-0.25, -0.2) is 4.98 Å². The van der Waals surface area contributed by atoms with E-state index < -0.39 is 17.6 Å². The lowest BCUT2D eigenvalue weighted by molar-refractivity contribution is -0.137. The average molecular weight is 315 g/mol. The summed E-state index contributed by atoms with van der Waals surface area (Å²) in [6, 6.07) is 7.79. The minimum absolute atomic E-state index is 0.0338. The largest absolute Gasteiger partial charge is 0.416 e. The lowest BCUT2D eigenvalue weighted by Crippen LogP contribution is -2.23. The SMILES string of the molecule is O=C(NCc1cccc(C(F)(F)F)c1)c1cccnc1Cl. The number of halogens is 4. The quantitative estimate of drug-likeness (QED) is 0.878. The second-order valence-electron chi connectivity index (χ2n) is 4.22. The molecule has 0 unspecified atom stereocenters. The van der Waals surface area contributed by atoms with Crippen molar-refractivity contribution in [2.45, 2.75) is 12.7 Å². The van der Waals surface area contributed by atoms with E-state index in [1.54, 1.807) is 6.07 Å². The Morgan fingerprint density at radius 1 is 1.24 bits per heavy atom. The number of benzene rings is 1. The Kier molecular flexibility index (Phi) is 4.47. The minimum Gasteiger partial charge on any atom is -0.348 e. The molecule has 0 spiro atoms. The van der Waals surface area contributed by atoms with Gasteiger partial charge in [-0.05, 0) is 29.8 Å². The number of rotatable bonds is 3. The minimum atomic E-state index is -4.41. The van der Waals surface area contributed by atoms with E-state index in [0.717, 1.165) is 12.1 Å². The first-order chi connectivity index (χ1) is 9.88. The highest BCUT2D eigenvalue weighted by Gasteiger charge is 2.30. The normalized spacial score (nSPS) is 11.2. The summed E-state index contributed by atoms with van der Waals surface area (Å²) in [6.45, 7) is -0.0338. The molecule has 0 aliphatic carbocycles. The first-order valence-electron chi connectivity index (χ1n) is 5.93. The van der Waals surface area contributed by atoms with Crippen LogP contribution in [0.2, 0.25) is 5.15 Å². The number of hydrogen-bond donors (Lipinski definition) is 1. The number of amides is 1. The third-order valence-corrected chi connectivity index (χ3v) is 3.01. The molecule has 0 bridgehead atoms. The summed E-state index contributed by atoms with van der Waals surface area (Å²) in [5.74, 6) is -0.495. The van der Waals surface area contributed by atoms with Gasteiger partial charge >= 0.3 is 6.18 Å². The lowest BCUT2D eigenvalue weighted by atomic mass is 10.1. The predicted octanol–water partition coefficient (Wildman–Crippen LogP) is 3.68. The van der Waals surface area contributed by atoms with Crippen molar-refractivity contribution >= 4 is 17.5 Å². The van der Waals surface area contributed by atoms with Gasteiger partial charge in [0.1, 0.15) is 5.15 Å². The van der Waals surface area contributed by atoms with Crippen LogP contribution in [0.3, 0.4) is 0 Å². The van der Waals surface area contributed by atoms with Gasteiger partial charge in [-0.2, -0.15) is 13.2 Å². The molecule has 2 rings (SSSR count). The van der Waals surface area contributed by atoms with E-state index in [4.69, 9.17) is 11.6 Å². The molecule has 1 aromatic carbocycles. The van der Waals surface area contributed by atoms with E-state index in [-0.39, 0.29) is 17.3 Å². The van der Waals surface area contributed by atoms with Gasteiger partial charge in [0.25, 0.3) is 5.91 Å². The van der Waals surface area contributed by atoms with Crippen LogP contribution in [0.1, 0.15) is 21.5 Å². The van der Waals surface area contributed by atoms with Crippen LogP contribution in [-0.4, -0.2) is 10.9 Å². The molecule has 0 saturated carbocycles. The van der Waals surface area contributed by atoms with E-state index in [0.29, 0.717) is 5.56 Å². The molecule has 1 heterocycles. The fourth-order valence-electron chi connectivity index (χ4n) is 1.69. The van der Waals surface area contributed by atoms with Crippen molar-refractivity contribution in [3.63, 3.8) is 0 Å². The highest BCUT2D eigenvalue weighted by Crippen LogP contribution is 2.29. The van der Waals surface area contributed by atoms with Crippen molar-refractivity contribution in [3.05, 3.63) is 64.4 Å². The summed E-state index contributed by atoms with van der Waals surface area (Å²) in [7, 11) is 0. The Labute approximate surface area is 123 Å². The van der Waals surface area contributed by atoms with Crippen LogP contribution in [0.4, 0.5) is 13.2 Å². The molecular weight excluding hydrogens is 305 g/mol. The summed E-state index contributed by atoms with van der Waals surface area (Å²) in [4.78, 5) is 15.6. The molecule has 0 saturated heterocycles. The van der Waals surface area contributed by atoms with Gasteiger partial charge in [0, 0.05) is 12.7 Å². The average Bonchev–Trinajstić information content (AvgIpc) is 2.45. The molecule has 0 atom stereocenters. The first kappa shape index (κ1) is 15.3. The smallest absolute Gasteiger partial charge is 0.348 e. The van der Waals surface area contributed by atoms with E-state index in [2.05, 4.69) is 10.3 Å². The second kappa shape index (κ2) is 6.13. The van der Waals surface area contributed by atoms with Gasteiger partial charge in [-0.15, -0.1) is 0 Å². The molecule has 3 nitrogen and oxygen atoms in total. The highest BCUT2D eigenvalue weighted by atomic mass is 35.5. The maximum atomic E-state index is 12.6. The van der Waals surface area contributed by atoms with Crippen LogP contribution >= 0.6 is 11.6 Å². The molecular formula is C14H10ClF3N2O. The number of pyridine rings is 1. The van der Waals surface area contributed by atoms with Crippen LogP contribution in [0, 0.1) is 0 Å². The van der Waals surface area contributed by atoms with Crippen molar-refractivity contribution in [1.29, 1.82) is 0 Å². The lowest BCUT2D eigenvalue weighted by Gasteiger charge is -2.10. The zero-order valence-corrected chi connectivity index (χ0v) is 11.4. The molecule has 110 valence electrons. The number of nitrogens with one attached hydrogen (secondary N) is 1. The molecule has 1 amide bonds. The van der Waals surface area contributed by atoms with Crippen molar-refractivity contribution in [2.75, 3.05) is 0 Å². The number of carbonyl (C=O) groups excluding carboxylic acids is 1. The summed E-state index contributed by atoms with van der Waals surface area (Å²) in [5.41, 5.74) is -0.238. The van der Waals surface area contributed by atoms with Crippen LogP contribution in [0.15, 0.2) is 42.6 Å². The number of carbonyl (C=O) groups is 1. The number of hydrogen-bond acceptors (Lipinski definition) is 2. The molecule has 1 aromatic heterocycles. The van der Waals surface area contributed by atoms with E-state index in [9.17, 15) is 18.0 Å². The summed E-state index contributed by atoms with van der Waals surface area (Å²) >= 11 is 5.77. The monoisotopic (exact) mass is 314 g/mol. The maximum absolute atomic E-state index is 12.6. The van der Waals surface area contributed by atoms with E-state index in [1.165, 1.54) is 24.4 Å². The zero-order valence-electron chi connectivity index (χ0n) is 10.6. The summed E-state index contributed by atoms with van der Waals surface area (Å²) in [6.07, 6.45) is -2.97. The Balaban J connectivity index is 2.07. The molecule has 0 aliphatic heterocycles. The second-order valence-corrected chi connectivity index (χ2v) is 4.58. The van der Waals surface area contributed by atoms with Crippen molar-refractivity contribution in [1.82, 2.24) is 10.3 Å². The van der Waals surface area contributed by atoms with E-state index >= 15 is 0 Å². The Hall–Kier alpha value is -2.08. The summed E-state index contributed by atoms with van der Waals surface area (Å²) in [5, 5.41) is 2.54. The van der Waals surface area contributed by atoms with Gasteiger partial charge in [0.05, 0.1) is 11.1 Å². The van der Waals surface area contributed by atoms with Crippen molar-refractivity contribution in [2.24, 2.45) is 0 Å². The van der Waals surface area contributed by atoms with Crippen molar-refractivity contribution in [3.8, 4) is 0 Å². The molecule has 0 radical (unpaired) electrons. The molecule has 2 aromatic rings. The van der Waals surface area contributed by atoms with Crippen LogP contribution in [0.25, 0.3) is 0 Å². The number of nitrogens with zero attached hydrogens (tertiary/aromatic N) is 1. The number of alkyl halides is 3. The fourth-order valence-corrected chi connectivity index (χ4v) is 1.90. The van der Waals surface area contributed by atoms with Gasteiger partial charge in [0.15, 0.2) is 0 Å². The molecule has 1 N–H and O–H groups in total.